The summed E-state index contributed by atoms with van der Waals surface area (Å²) in [5.41, 5.74) is 3.36. The van der Waals surface area contributed by atoms with Crippen molar-refractivity contribution in [2.24, 2.45) is 0 Å². The molecule has 3 aromatic rings. The van der Waals surface area contributed by atoms with Crippen LogP contribution in [0.2, 0.25) is 0 Å². The van der Waals surface area contributed by atoms with Crippen LogP contribution in [-0.4, -0.2) is 41.1 Å². The van der Waals surface area contributed by atoms with Gasteiger partial charge in [-0.1, -0.05) is 30.3 Å². The Hall–Kier alpha value is -2.92. The lowest BCUT2D eigenvalue weighted by molar-refractivity contribution is 0.211. The van der Waals surface area contributed by atoms with E-state index in [2.05, 4.69) is 50.5 Å². The number of anilines is 1. The number of rotatable bonds is 6. The van der Waals surface area contributed by atoms with Gasteiger partial charge in [0.25, 0.3) is 0 Å². The molecular formula is C23H26N4O. The van der Waals surface area contributed by atoms with Gasteiger partial charge in [-0.15, -0.1) is 0 Å². The topological polar surface area (TPSA) is 50.3 Å². The molecule has 28 heavy (non-hydrogen) atoms. The summed E-state index contributed by atoms with van der Waals surface area (Å²) in [6.45, 7) is 3.23. The fraction of sp³-hybridized carbons (Fsp3) is 0.304. The van der Waals surface area contributed by atoms with E-state index < -0.39 is 0 Å². The molecule has 0 atom stereocenters. The van der Waals surface area contributed by atoms with Gasteiger partial charge >= 0.3 is 0 Å². The number of aromatic nitrogens is 2. The predicted octanol–water partition coefficient (Wildman–Crippen LogP) is 4.23. The standard InChI is InChI=1S/C23H26N4O/c1-28-21-9-7-19(8-10-21)22-15-23(25-17-24-22)26-20-11-13-27(14-12-20)16-18-5-3-2-4-6-18/h2-10,15,17,20H,11-14,16H2,1H3,(H,24,25,26). The molecule has 1 saturated heterocycles. The van der Waals surface area contributed by atoms with Gasteiger partial charge in [-0.05, 0) is 42.7 Å². The third kappa shape index (κ3) is 4.67. The highest BCUT2D eigenvalue weighted by Crippen LogP contribution is 2.23. The monoisotopic (exact) mass is 374 g/mol. The summed E-state index contributed by atoms with van der Waals surface area (Å²) in [6.07, 6.45) is 3.87. The first-order valence-corrected chi connectivity index (χ1v) is 9.79. The first-order valence-electron chi connectivity index (χ1n) is 9.79. The smallest absolute Gasteiger partial charge is 0.130 e. The molecule has 2 aromatic carbocycles. The number of methoxy groups -OCH3 is 1. The summed E-state index contributed by atoms with van der Waals surface area (Å²) in [6, 6.07) is 21.1. The summed E-state index contributed by atoms with van der Waals surface area (Å²) < 4.78 is 5.23. The third-order valence-corrected chi connectivity index (χ3v) is 5.24. The van der Waals surface area contributed by atoms with Crippen LogP contribution in [0.15, 0.2) is 67.0 Å². The highest BCUT2D eigenvalue weighted by atomic mass is 16.5. The molecule has 1 N–H and O–H groups in total. The average molecular weight is 374 g/mol. The second kappa shape index (κ2) is 8.85. The summed E-state index contributed by atoms with van der Waals surface area (Å²) >= 11 is 0. The number of hydrogen-bond donors (Lipinski definition) is 1. The molecule has 0 amide bonds. The van der Waals surface area contributed by atoms with E-state index >= 15 is 0 Å². The van der Waals surface area contributed by atoms with Gasteiger partial charge in [-0.2, -0.15) is 0 Å². The Morgan fingerprint density at radius 1 is 1.00 bits per heavy atom. The molecule has 0 radical (unpaired) electrons. The van der Waals surface area contributed by atoms with Gasteiger partial charge in [0.15, 0.2) is 0 Å². The van der Waals surface area contributed by atoms with Gasteiger partial charge in [0.2, 0.25) is 0 Å². The number of benzene rings is 2. The van der Waals surface area contributed by atoms with Crippen LogP contribution in [-0.2, 0) is 6.54 Å². The number of hydrogen-bond acceptors (Lipinski definition) is 5. The van der Waals surface area contributed by atoms with Crippen LogP contribution in [0.1, 0.15) is 18.4 Å². The van der Waals surface area contributed by atoms with Gasteiger partial charge in [0, 0.05) is 37.3 Å². The van der Waals surface area contributed by atoms with Crippen LogP contribution < -0.4 is 10.1 Å². The Morgan fingerprint density at radius 2 is 1.75 bits per heavy atom. The minimum Gasteiger partial charge on any atom is -0.497 e. The van der Waals surface area contributed by atoms with E-state index in [1.165, 1.54) is 5.56 Å². The largest absolute Gasteiger partial charge is 0.497 e. The van der Waals surface area contributed by atoms with E-state index in [9.17, 15) is 0 Å². The Bertz CT molecular complexity index is 875. The van der Waals surface area contributed by atoms with E-state index in [0.717, 1.165) is 55.3 Å². The van der Waals surface area contributed by atoms with Crippen LogP contribution in [0.5, 0.6) is 5.75 Å². The number of ether oxygens (including phenoxy) is 1. The van der Waals surface area contributed by atoms with Gasteiger partial charge in [0.1, 0.15) is 17.9 Å². The molecule has 5 heteroatoms. The molecule has 5 nitrogen and oxygen atoms in total. The molecule has 2 heterocycles. The fourth-order valence-electron chi connectivity index (χ4n) is 3.64. The zero-order valence-electron chi connectivity index (χ0n) is 16.2. The number of likely N-dealkylation sites (tertiary alicyclic amines) is 1. The Morgan fingerprint density at radius 3 is 2.46 bits per heavy atom. The highest BCUT2D eigenvalue weighted by Gasteiger charge is 2.19. The number of nitrogens with zero attached hydrogens (tertiary/aromatic N) is 3. The fourth-order valence-corrected chi connectivity index (χ4v) is 3.64. The van der Waals surface area contributed by atoms with Crippen molar-refractivity contribution in [3.8, 4) is 17.0 Å². The molecule has 0 bridgehead atoms. The molecule has 0 saturated carbocycles. The van der Waals surface area contributed by atoms with Crippen LogP contribution >= 0.6 is 0 Å². The highest BCUT2D eigenvalue weighted by molar-refractivity contribution is 5.63. The van der Waals surface area contributed by atoms with E-state index in [1.807, 2.05) is 30.3 Å². The van der Waals surface area contributed by atoms with Crippen molar-refractivity contribution in [1.29, 1.82) is 0 Å². The van der Waals surface area contributed by atoms with Crippen LogP contribution in [0, 0.1) is 0 Å². The molecule has 1 aromatic heterocycles. The number of nitrogens with one attached hydrogen (secondary N) is 1. The zero-order chi connectivity index (χ0) is 19.2. The lowest BCUT2D eigenvalue weighted by Gasteiger charge is -2.32. The molecule has 0 aliphatic carbocycles. The first-order chi connectivity index (χ1) is 13.8. The average Bonchev–Trinajstić information content (AvgIpc) is 2.76. The zero-order valence-corrected chi connectivity index (χ0v) is 16.2. The lowest BCUT2D eigenvalue weighted by atomic mass is 10.0. The third-order valence-electron chi connectivity index (χ3n) is 5.24. The predicted molar refractivity (Wildman–Crippen MR) is 112 cm³/mol. The Labute approximate surface area is 166 Å². The van der Waals surface area contributed by atoms with E-state index in [0.29, 0.717) is 6.04 Å². The van der Waals surface area contributed by atoms with Crippen molar-refractivity contribution in [2.75, 3.05) is 25.5 Å². The van der Waals surface area contributed by atoms with Gasteiger partial charge in [0.05, 0.1) is 12.8 Å². The quantitative estimate of drug-likeness (QED) is 0.700. The normalized spacial score (nSPS) is 15.3. The molecule has 144 valence electrons. The molecule has 4 rings (SSSR count). The van der Waals surface area contributed by atoms with Crippen molar-refractivity contribution in [3.05, 3.63) is 72.6 Å². The van der Waals surface area contributed by atoms with E-state index in [1.54, 1.807) is 13.4 Å². The number of piperidine rings is 1. The van der Waals surface area contributed by atoms with Crippen molar-refractivity contribution in [1.82, 2.24) is 14.9 Å². The second-order valence-electron chi connectivity index (χ2n) is 7.20. The molecular weight excluding hydrogens is 348 g/mol. The minimum absolute atomic E-state index is 0.450. The van der Waals surface area contributed by atoms with Gasteiger partial charge in [-0.25, -0.2) is 9.97 Å². The van der Waals surface area contributed by atoms with Crippen LogP contribution in [0.3, 0.4) is 0 Å². The maximum Gasteiger partial charge on any atom is 0.130 e. The molecule has 0 spiro atoms. The van der Waals surface area contributed by atoms with E-state index in [-0.39, 0.29) is 0 Å². The van der Waals surface area contributed by atoms with Crippen LogP contribution in [0.25, 0.3) is 11.3 Å². The molecule has 1 aliphatic rings. The van der Waals surface area contributed by atoms with Crippen molar-refractivity contribution >= 4 is 5.82 Å². The Balaban J connectivity index is 1.33. The maximum absolute atomic E-state index is 5.23. The minimum atomic E-state index is 0.450. The maximum atomic E-state index is 5.23. The lowest BCUT2D eigenvalue weighted by Crippen LogP contribution is -2.38. The van der Waals surface area contributed by atoms with Crippen molar-refractivity contribution in [2.45, 2.75) is 25.4 Å². The van der Waals surface area contributed by atoms with Crippen LogP contribution in [0.4, 0.5) is 5.82 Å². The van der Waals surface area contributed by atoms with E-state index in [4.69, 9.17) is 4.74 Å². The molecule has 0 unspecified atom stereocenters. The summed E-state index contributed by atoms with van der Waals surface area (Å²) in [5, 5.41) is 3.60. The Kier molecular flexibility index (Phi) is 5.83. The van der Waals surface area contributed by atoms with Gasteiger partial charge in [-0.3, -0.25) is 4.90 Å². The van der Waals surface area contributed by atoms with Crippen molar-refractivity contribution < 1.29 is 4.74 Å². The summed E-state index contributed by atoms with van der Waals surface area (Å²) in [4.78, 5) is 11.4. The van der Waals surface area contributed by atoms with Crippen molar-refractivity contribution in [3.63, 3.8) is 0 Å². The summed E-state index contributed by atoms with van der Waals surface area (Å²) in [5.74, 6) is 1.74. The summed E-state index contributed by atoms with van der Waals surface area (Å²) in [7, 11) is 1.67. The SMILES string of the molecule is COc1ccc(-c2cc(NC3CCN(Cc4ccccc4)CC3)ncn2)cc1. The van der Waals surface area contributed by atoms with Gasteiger partial charge < -0.3 is 10.1 Å². The first kappa shape index (κ1) is 18.4. The second-order valence-corrected chi connectivity index (χ2v) is 7.20. The molecule has 1 fully saturated rings. The molecule has 1 aliphatic heterocycles.